The lowest BCUT2D eigenvalue weighted by molar-refractivity contribution is -0.136. The molecule has 2 aliphatic rings. The number of carbonyl (C=O) groups is 2. The summed E-state index contributed by atoms with van der Waals surface area (Å²) in [6.45, 7) is 18.0. The minimum atomic E-state index is -0.684. The number of likely N-dealkylation sites (tertiary alicyclic amines) is 1. The molecule has 1 aromatic heterocycles. The maximum absolute atomic E-state index is 13.3. The molecule has 3 rings (SSSR count). The second-order valence-corrected chi connectivity index (χ2v) is 11.9. The van der Waals surface area contributed by atoms with E-state index in [0.717, 1.165) is 12.8 Å². The molecule has 0 saturated carbocycles. The summed E-state index contributed by atoms with van der Waals surface area (Å²) in [7, 11) is -0.544. The Bertz CT molecular complexity index is 915. The fourth-order valence-corrected chi connectivity index (χ4v) is 4.10. The number of carbonyl (C=O) groups excluding carboxylic acids is 2. The summed E-state index contributed by atoms with van der Waals surface area (Å²) in [5.41, 5.74) is -0.822. The predicted molar refractivity (Wildman–Crippen MR) is 136 cm³/mol. The Morgan fingerprint density at radius 2 is 1.75 bits per heavy atom. The quantitative estimate of drug-likeness (QED) is 0.565. The van der Waals surface area contributed by atoms with E-state index >= 15 is 0 Å². The third-order valence-electron chi connectivity index (χ3n) is 6.84. The molecule has 2 atom stereocenters. The van der Waals surface area contributed by atoms with Crippen molar-refractivity contribution in [2.24, 2.45) is 5.92 Å². The molecule has 0 spiro atoms. The second-order valence-electron chi connectivity index (χ2n) is 11.9. The van der Waals surface area contributed by atoms with Crippen molar-refractivity contribution in [1.29, 1.82) is 0 Å². The number of nitrogens with one attached hydrogen (secondary N) is 1. The van der Waals surface area contributed by atoms with Crippen LogP contribution in [0.25, 0.3) is 0 Å². The van der Waals surface area contributed by atoms with Gasteiger partial charge >= 0.3 is 19.2 Å². The first-order valence-corrected chi connectivity index (χ1v) is 12.7. The van der Waals surface area contributed by atoms with Gasteiger partial charge in [-0.15, -0.1) is 0 Å². The molecule has 0 aromatic carbocycles. The number of nitrogens with zero attached hydrogens (tertiary/aromatic N) is 3. The van der Waals surface area contributed by atoms with Gasteiger partial charge in [-0.3, -0.25) is 4.79 Å². The normalized spacial score (nSPS) is 22.0. The summed E-state index contributed by atoms with van der Waals surface area (Å²) in [5.74, 6) is -0.239. The van der Waals surface area contributed by atoms with E-state index < -0.39 is 36.1 Å². The molecule has 11 heteroatoms. The van der Waals surface area contributed by atoms with Crippen molar-refractivity contribution in [2.75, 3.05) is 13.2 Å². The Kier molecular flexibility index (Phi) is 8.25. The van der Waals surface area contributed by atoms with E-state index in [1.807, 2.05) is 41.5 Å². The van der Waals surface area contributed by atoms with E-state index in [-0.39, 0.29) is 30.5 Å². The van der Waals surface area contributed by atoms with Gasteiger partial charge < -0.3 is 29.0 Å². The van der Waals surface area contributed by atoms with Crippen LogP contribution in [0.2, 0.25) is 0 Å². The summed E-state index contributed by atoms with van der Waals surface area (Å²) in [6.07, 6.45) is 4.34. The average Bonchev–Trinajstić information content (AvgIpc) is 3.30. The van der Waals surface area contributed by atoms with Gasteiger partial charge in [-0.2, -0.15) is 0 Å². The lowest BCUT2D eigenvalue weighted by Gasteiger charge is -2.32. The lowest BCUT2D eigenvalue weighted by Crippen LogP contribution is -2.54. The largest absolute Gasteiger partial charge is 0.498 e. The molecule has 2 aliphatic heterocycles. The maximum atomic E-state index is 13.3. The van der Waals surface area contributed by atoms with Crippen molar-refractivity contribution in [3.63, 3.8) is 0 Å². The summed E-state index contributed by atoms with van der Waals surface area (Å²) in [6, 6.07) is -0.594. The van der Waals surface area contributed by atoms with Crippen LogP contribution in [-0.4, -0.2) is 76.0 Å². The van der Waals surface area contributed by atoms with Gasteiger partial charge in [0.2, 0.25) is 5.91 Å². The standard InChI is InChI=1S/C25H41BN4O6/c1-16(2)19(29-22(32)34-23(3,4)5)20(31)30-12-10-11-18(30)15-33-21-27-13-17(14-28-21)26-35-24(6,7)25(8,9)36-26/h13-14,16,18-19H,10-12,15H2,1-9H3,(H,29,32). The number of rotatable bonds is 7. The summed E-state index contributed by atoms with van der Waals surface area (Å²) in [4.78, 5) is 36.1. The first-order valence-electron chi connectivity index (χ1n) is 12.7. The lowest BCUT2D eigenvalue weighted by atomic mass is 9.81. The van der Waals surface area contributed by atoms with Gasteiger partial charge in [0.1, 0.15) is 18.2 Å². The summed E-state index contributed by atoms with van der Waals surface area (Å²) < 4.78 is 23.3. The highest BCUT2D eigenvalue weighted by molar-refractivity contribution is 6.61. The number of ether oxygens (including phenoxy) is 2. The van der Waals surface area contributed by atoms with Gasteiger partial charge in [-0.25, -0.2) is 14.8 Å². The zero-order chi connectivity index (χ0) is 26.9. The molecule has 10 nitrogen and oxygen atoms in total. The van der Waals surface area contributed by atoms with Crippen LogP contribution in [0.5, 0.6) is 6.01 Å². The van der Waals surface area contributed by atoms with Crippen LogP contribution < -0.4 is 15.5 Å². The van der Waals surface area contributed by atoms with Gasteiger partial charge in [0.05, 0.1) is 17.2 Å². The average molecular weight is 504 g/mol. The Balaban J connectivity index is 1.58. The SMILES string of the molecule is CC(C)C(NC(=O)OC(C)(C)C)C(=O)N1CCCC1COc1ncc(B2OC(C)(C)C(C)(C)O2)cn1. The summed E-state index contributed by atoms with van der Waals surface area (Å²) >= 11 is 0. The molecule has 2 amide bonds. The molecule has 2 unspecified atom stereocenters. The molecule has 1 N–H and O–H groups in total. The van der Waals surface area contributed by atoms with Gasteiger partial charge in [-0.1, -0.05) is 13.8 Å². The van der Waals surface area contributed by atoms with Crippen LogP contribution in [-0.2, 0) is 18.8 Å². The molecule has 1 aromatic rings. The molecular weight excluding hydrogens is 463 g/mol. The molecule has 36 heavy (non-hydrogen) atoms. The molecule has 200 valence electrons. The van der Waals surface area contributed by atoms with Crippen molar-refractivity contribution in [3.05, 3.63) is 12.4 Å². The number of amides is 2. The molecular formula is C25H41BN4O6. The van der Waals surface area contributed by atoms with Gasteiger partial charge in [0, 0.05) is 24.4 Å². The minimum Gasteiger partial charge on any atom is -0.461 e. The van der Waals surface area contributed by atoms with Crippen LogP contribution in [0.4, 0.5) is 4.79 Å². The van der Waals surface area contributed by atoms with Crippen LogP contribution in [0, 0.1) is 5.92 Å². The van der Waals surface area contributed by atoms with Crippen molar-refractivity contribution in [2.45, 2.75) is 104 Å². The highest BCUT2D eigenvalue weighted by Gasteiger charge is 2.52. The number of hydrogen-bond acceptors (Lipinski definition) is 8. The monoisotopic (exact) mass is 504 g/mol. The van der Waals surface area contributed by atoms with E-state index in [2.05, 4.69) is 15.3 Å². The van der Waals surface area contributed by atoms with Crippen LogP contribution >= 0.6 is 0 Å². The fourth-order valence-electron chi connectivity index (χ4n) is 4.10. The van der Waals surface area contributed by atoms with E-state index in [4.69, 9.17) is 18.8 Å². The maximum Gasteiger partial charge on any atom is 0.498 e. The highest BCUT2D eigenvalue weighted by Crippen LogP contribution is 2.36. The molecule has 2 fully saturated rings. The molecule has 3 heterocycles. The zero-order valence-electron chi connectivity index (χ0n) is 23.1. The number of hydrogen-bond donors (Lipinski definition) is 1. The molecule has 0 bridgehead atoms. The predicted octanol–water partition coefficient (Wildman–Crippen LogP) is 2.69. The molecule has 0 radical (unpaired) electrons. The van der Waals surface area contributed by atoms with Gasteiger partial charge in [-0.05, 0) is 67.2 Å². The van der Waals surface area contributed by atoms with Crippen LogP contribution in [0.1, 0.15) is 75.2 Å². The fraction of sp³-hybridized carbons (Fsp3) is 0.760. The zero-order valence-corrected chi connectivity index (χ0v) is 23.1. The molecule has 0 aliphatic carbocycles. The third kappa shape index (κ3) is 6.67. The summed E-state index contributed by atoms with van der Waals surface area (Å²) in [5, 5.41) is 2.75. The van der Waals surface area contributed by atoms with Gasteiger partial charge in [0.25, 0.3) is 0 Å². The van der Waals surface area contributed by atoms with Crippen LogP contribution in [0.15, 0.2) is 12.4 Å². The first-order chi connectivity index (χ1) is 16.6. The molecule has 2 saturated heterocycles. The third-order valence-corrected chi connectivity index (χ3v) is 6.84. The van der Waals surface area contributed by atoms with Crippen molar-refractivity contribution in [1.82, 2.24) is 20.2 Å². The van der Waals surface area contributed by atoms with Crippen LogP contribution in [0.3, 0.4) is 0 Å². The minimum absolute atomic E-state index is 0.0990. The Labute approximate surface area is 215 Å². The Hall–Kier alpha value is -2.40. The first kappa shape index (κ1) is 28.2. The Morgan fingerprint density at radius 3 is 2.28 bits per heavy atom. The Morgan fingerprint density at radius 1 is 1.17 bits per heavy atom. The smallest absolute Gasteiger partial charge is 0.461 e. The van der Waals surface area contributed by atoms with E-state index in [9.17, 15) is 9.59 Å². The topological polar surface area (TPSA) is 112 Å². The van der Waals surface area contributed by atoms with E-state index in [1.54, 1.807) is 38.1 Å². The van der Waals surface area contributed by atoms with Crippen molar-refractivity contribution in [3.8, 4) is 6.01 Å². The van der Waals surface area contributed by atoms with E-state index in [1.165, 1.54) is 0 Å². The van der Waals surface area contributed by atoms with E-state index in [0.29, 0.717) is 12.0 Å². The number of alkyl carbamates (subject to hydrolysis) is 1. The second kappa shape index (κ2) is 10.5. The highest BCUT2D eigenvalue weighted by atomic mass is 16.7. The van der Waals surface area contributed by atoms with Crippen molar-refractivity contribution >= 4 is 24.6 Å². The number of aromatic nitrogens is 2. The van der Waals surface area contributed by atoms with Gasteiger partial charge in [0.15, 0.2) is 0 Å². The van der Waals surface area contributed by atoms with Crippen molar-refractivity contribution < 1.29 is 28.4 Å².